The molecule has 1 amide bonds. The Labute approximate surface area is 123 Å². The van der Waals surface area contributed by atoms with Crippen LogP contribution in [0.3, 0.4) is 0 Å². The number of hydrogen-bond donors (Lipinski definition) is 3. The maximum Gasteiger partial charge on any atom is 0.292 e. The standard InChI is InChI=1S/C14H20N4O3/c15-10-5-7-11(8-6-10)17-14(19)9-16-12-3-1-2-4-13(12)18(20)21/h1-4,10-11,16H,5-9,15H2,(H,17,19). The quantitative estimate of drug-likeness (QED) is 0.561. The molecule has 1 aromatic carbocycles. The van der Waals surface area contributed by atoms with Crippen LogP contribution in [-0.2, 0) is 4.79 Å². The van der Waals surface area contributed by atoms with Crippen LogP contribution < -0.4 is 16.4 Å². The van der Waals surface area contributed by atoms with Gasteiger partial charge in [-0.2, -0.15) is 0 Å². The van der Waals surface area contributed by atoms with Gasteiger partial charge in [0.15, 0.2) is 0 Å². The summed E-state index contributed by atoms with van der Waals surface area (Å²) in [5.74, 6) is -0.159. The number of nitro groups is 1. The fourth-order valence-electron chi connectivity index (χ4n) is 2.50. The normalized spacial score (nSPS) is 21.6. The molecular weight excluding hydrogens is 272 g/mol. The maximum absolute atomic E-state index is 11.9. The minimum Gasteiger partial charge on any atom is -0.371 e. The number of nitrogens with one attached hydrogen (secondary N) is 2. The first-order valence-electron chi connectivity index (χ1n) is 7.08. The van der Waals surface area contributed by atoms with Crippen LogP contribution in [0.15, 0.2) is 24.3 Å². The van der Waals surface area contributed by atoms with Crippen LogP contribution in [0.4, 0.5) is 11.4 Å². The van der Waals surface area contributed by atoms with Gasteiger partial charge in [-0.1, -0.05) is 12.1 Å². The maximum atomic E-state index is 11.9. The molecule has 0 unspecified atom stereocenters. The van der Waals surface area contributed by atoms with E-state index in [4.69, 9.17) is 5.73 Å². The van der Waals surface area contributed by atoms with Crippen LogP contribution in [0.2, 0.25) is 0 Å². The molecule has 114 valence electrons. The van der Waals surface area contributed by atoms with Crippen molar-refractivity contribution in [1.82, 2.24) is 5.32 Å². The zero-order valence-electron chi connectivity index (χ0n) is 11.7. The molecule has 0 radical (unpaired) electrons. The number of para-hydroxylation sites is 2. The molecule has 0 heterocycles. The number of benzene rings is 1. The van der Waals surface area contributed by atoms with Crippen LogP contribution in [0.25, 0.3) is 0 Å². The van der Waals surface area contributed by atoms with Gasteiger partial charge in [-0.05, 0) is 31.7 Å². The SMILES string of the molecule is NC1CCC(NC(=O)CNc2ccccc2[N+](=O)[O-])CC1. The van der Waals surface area contributed by atoms with Gasteiger partial charge in [-0.15, -0.1) is 0 Å². The molecule has 0 aromatic heterocycles. The summed E-state index contributed by atoms with van der Waals surface area (Å²) in [6, 6.07) is 6.67. The summed E-state index contributed by atoms with van der Waals surface area (Å²) >= 11 is 0. The first kappa shape index (κ1) is 15.2. The van der Waals surface area contributed by atoms with E-state index in [9.17, 15) is 14.9 Å². The third kappa shape index (κ3) is 4.42. The Balaban J connectivity index is 1.83. The molecule has 0 saturated heterocycles. The van der Waals surface area contributed by atoms with Crippen LogP contribution in [0.5, 0.6) is 0 Å². The highest BCUT2D eigenvalue weighted by Crippen LogP contribution is 2.22. The second kappa shape index (κ2) is 7.03. The second-order valence-electron chi connectivity index (χ2n) is 5.31. The molecule has 1 saturated carbocycles. The third-order valence-corrected chi connectivity index (χ3v) is 3.68. The Morgan fingerprint density at radius 3 is 2.62 bits per heavy atom. The predicted molar refractivity (Wildman–Crippen MR) is 80.0 cm³/mol. The van der Waals surface area contributed by atoms with E-state index in [1.54, 1.807) is 18.2 Å². The van der Waals surface area contributed by atoms with Crippen molar-refractivity contribution in [2.45, 2.75) is 37.8 Å². The van der Waals surface area contributed by atoms with Gasteiger partial charge in [0.2, 0.25) is 5.91 Å². The van der Waals surface area contributed by atoms with Crippen molar-refractivity contribution >= 4 is 17.3 Å². The van der Waals surface area contributed by atoms with E-state index in [0.29, 0.717) is 5.69 Å². The Bertz CT molecular complexity index is 513. The van der Waals surface area contributed by atoms with E-state index >= 15 is 0 Å². The van der Waals surface area contributed by atoms with Gasteiger partial charge in [0, 0.05) is 18.2 Å². The molecule has 21 heavy (non-hydrogen) atoms. The van der Waals surface area contributed by atoms with E-state index in [2.05, 4.69) is 10.6 Å². The molecule has 4 N–H and O–H groups in total. The average Bonchev–Trinajstić information content (AvgIpc) is 2.48. The molecule has 1 aliphatic rings. The van der Waals surface area contributed by atoms with Gasteiger partial charge in [0.25, 0.3) is 5.69 Å². The Morgan fingerprint density at radius 1 is 1.29 bits per heavy atom. The number of anilines is 1. The van der Waals surface area contributed by atoms with Gasteiger partial charge in [-0.25, -0.2) is 0 Å². The summed E-state index contributed by atoms with van der Waals surface area (Å²) in [4.78, 5) is 22.3. The summed E-state index contributed by atoms with van der Waals surface area (Å²) in [5.41, 5.74) is 6.14. The molecule has 0 aliphatic heterocycles. The Hall–Kier alpha value is -2.15. The molecule has 1 fully saturated rings. The molecule has 1 aromatic rings. The van der Waals surface area contributed by atoms with Crippen molar-refractivity contribution in [3.8, 4) is 0 Å². The van der Waals surface area contributed by atoms with Gasteiger partial charge in [0.05, 0.1) is 11.5 Å². The summed E-state index contributed by atoms with van der Waals surface area (Å²) in [5, 5.41) is 16.6. The van der Waals surface area contributed by atoms with Crippen molar-refractivity contribution in [3.05, 3.63) is 34.4 Å². The molecule has 7 heteroatoms. The molecule has 7 nitrogen and oxygen atoms in total. The number of rotatable bonds is 5. The molecule has 1 aliphatic carbocycles. The van der Waals surface area contributed by atoms with Crippen LogP contribution in [-0.4, -0.2) is 29.5 Å². The molecule has 0 spiro atoms. The lowest BCUT2D eigenvalue weighted by atomic mass is 9.92. The minimum absolute atomic E-state index is 0.0212. The van der Waals surface area contributed by atoms with Crippen LogP contribution >= 0.6 is 0 Å². The van der Waals surface area contributed by atoms with Crippen molar-refractivity contribution < 1.29 is 9.72 Å². The number of hydrogen-bond acceptors (Lipinski definition) is 5. The lowest BCUT2D eigenvalue weighted by Crippen LogP contribution is -2.42. The smallest absolute Gasteiger partial charge is 0.292 e. The zero-order chi connectivity index (χ0) is 15.2. The predicted octanol–water partition coefficient (Wildman–Crippen LogP) is 1.39. The first-order chi connectivity index (χ1) is 10.1. The number of nitrogens with two attached hydrogens (primary N) is 1. The topological polar surface area (TPSA) is 110 Å². The minimum atomic E-state index is -0.469. The largest absolute Gasteiger partial charge is 0.371 e. The molecule has 2 rings (SSSR count). The van der Waals surface area contributed by atoms with E-state index in [1.807, 2.05) is 0 Å². The number of carbonyl (C=O) groups excluding carboxylic acids is 1. The number of amides is 1. The zero-order valence-corrected chi connectivity index (χ0v) is 11.7. The van der Waals surface area contributed by atoms with Gasteiger partial charge >= 0.3 is 0 Å². The van der Waals surface area contributed by atoms with Crippen LogP contribution in [0, 0.1) is 10.1 Å². The van der Waals surface area contributed by atoms with E-state index in [0.717, 1.165) is 25.7 Å². The summed E-state index contributed by atoms with van der Waals surface area (Å²) in [6.45, 7) is 0.0212. The van der Waals surface area contributed by atoms with Crippen molar-refractivity contribution in [1.29, 1.82) is 0 Å². The molecule has 0 atom stereocenters. The summed E-state index contributed by atoms with van der Waals surface area (Å²) < 4.78 is 0. The fourth-order valence-corrected chi connectivity index (χ4v) is 2.50. The van der Waals surface area contributed by atoms with Crippen molar-refractivity contribution in [2.75, 3.05) is 11.9 Å². The number of carbonyl (C=O) groups is 1. The van der Waals surface area contributed by atoms with E-state index < -0.39 is 4.92 Å². The molecular formula is C14H20N4O3. The van der Waals surface area contributed by atoms with E-state index in [-0.39, 0.29) is 30.2 Å². The van der Waals surface area contributed by atoms with E-state index in [1.165, 1.54) is 6.07 Å². The Kier molecular flexibility index (Phi) is 5.10. The second-order valence-corrected chi connectivity index (χ2v) is 5.31. The number of nitrogens with zero attached hydrogens (tertiary/aromatic N) is 1. The highest BCUT2D eigenvalue weighted by Gasteiger charge is 2.20. The highest BCUT2D eigenvalue weighted by molar-refractivity contribution is 5.81. The van der Waals surface area contributed by atoms with Gasteiger partial charge < -0.3 is 16.4 Å². The first-order valence-corrected chi connectivity index (χ1v) is 7.08. The Morgan fingerprint density at radius 2 is 1.95 bits per heavy atom. The fraction of sp³-hybridized carbons (Fsp3) is 0.500. The van der Waals surface area contributed by atoms with Gasteiger partial charge in [0.1, 0.15) is 5.69 Å². The average molecular weight is 292 g/mol. The highest BCUT2D eigenvalue weighted by atomic mass is 16.6. The molecule has 0 bridgehead atoms. The number of nitro benzene ring substituents is 1. The monoisotopic (exact) mass is 292 g/mol. The van der Waals surface area contributed by atoms with Crippen molar-refractivity contribution in [3.63, 3.8) is 0 Å². The lowest BCUT2D eigenvalue weighted by molar-refractivity contribution is -0.383. The van der Waals surface area contributed by atoms with Crippen molar-refractivity contribution in [2.24, 2.45) is 5.73 Å². The van der Waals surface area contributed by atoms with Gasteiger partial charge in [-0.3, -0.25) is 14.9 Å². The van der Waals surface area contributed by atoms with Crippen LogP contribution in [0.1, 0.15) is 25.7 Å². The summed E-state index contributed by atoms with van der Waals surface area (Å²) in [7, 11) is 0. The third-order valence-electron chi connectivity index (χ3n) is 3.68. The lowest BCUT2D eigenvalue weighted by Gasteiger charge is -2.26. The summed E-state index contributed by atoms with van der Waals surface area (Å²) in [6.07, 6.45) is 3.61.